The van der Waals surface area contributed by atoms with E-state index in [4.69, 9.17) is 4.74 Å². The van der Waals surface area contributed by atoms with E-state index in [1.54, 1.807) is 0 Å². The van der Waals surface area contributed by atoms with Gasteiger partial charge in [0.2, 0.25) is 0 Å². The summed E-state index contributed by atoms with van der Waals surface area (Å²) in [6.07, 6.45) is 1.11. The van der Waals surface area contributed by atoms with Crippen LogP contribution in [0.15, 0.2) is 48.5 Å². The smallest absolute Gasteiger partial charge is 0.262 e. The lowest BCUT2D eigenvalue weighted by Gasteiger charge is -2.11. The topological polar surface area (TPSA) is 38.3 Å². The second-order valence-electron chi connectivity index (χ2n) is 5.58. The fourth-order valence-electron chi connectivity index (χ4n) is 2.11. The minimum atomic E-state index is -0.158. The summed E-state index contributed by atoms with van der Waals surface area (Å²) in [5.41, 5.74) is 3.24. The highest BCUT2D eigenvalue weighted by Crippen LogP contribution is 2.21. The number of ether oxygens (including phenoxy) is 1. The van der Waals surface area contributed by atoms with Crippen LogP contribution in [0, 0.1) is 6.92 Å². The number of benzene rings is 2. The van der Waals surface area contributed by atoms with Crippen molar-refractivity contribution in [3.05, 3.63) is 59.7 Å². The standard InChI is InChI=1S/C19H23NO2/c1-4-15(3)16-7-11-18(12-8-16)22-13-19(21)20-17-9-5-14(2)6-10-17/h5-12,15H,4,13H2,1-3H3,(H,20,21)/t15-/m1/s1. The highest BCUT2D eigenvalue weighted by Gasteiger charge is 2.05. The Morgan fingerprint density at radius 2 is 1.73 bits per heavy atom. The molecule has 0 radical (unpaired) electrons. The zero-order valence-electron chi connectivity index (χ0n) is 13.4. The number of anilines is 1. The highest BCUT2D eigenvalue weighted by molar-refractivity contribution is 5.91. The van der Waals surface area contributed by atoms with Gasteiger partial charge in [-0.1, -0.05) is 43.7 Å². The Morgan fingerprint density at radius 3 is 2.32 bits per heavy atom. The Labute approximate surface area is 132 Å². The summed E-state index contributed by atoms with van der Waals surface area (Å²) in [7, 11) is 0. The number of nitrogens with one attached hydrogen (secondary N) is 1. The van der Waals surface area contributed by atoms with Crippen LogP contribution in [0.5, 0.6) is 5.75 Å². The fraction of sp³-hybridized carbons (Fsp3) is 0.316. The SMILES string of the molecule is CC[C@@H](C)c1ccc(OCC(=O)Nc2ccc(C)cc2)cc1. The quantitative estimate of drug-likeness (QED) is 0.851. The van der Waals surface area contributed by atoms with Gasteiger partial charge in [-0.25, -0.2) is 0 Å². The van der Waals surface area contributed by atoms with Gasteiger partial charge in [0.1, 0.15) is 5.75 Å². The first-order chi connectivity index (χ1) is 10.6. The Hall–Kier alpha value is -2.29. The van der Waals surface area contributed by atoms with E-state index in [1.165, 1.54) is 5.56 Å². The van der Waals surface area contributed by atoms with Crippen LogP contribution in [0.3, 0.4) is 0 Å². The molecule has 2 rings (SSSR count). The molecule has 0 aliphatic heterocycles. The van der Waals surface area contributed by atoms with E-state index in [-0.39, 0.29) is 12.5 Å². The lowest BCUT2D eigenvalue weighted by atomic mass is 9.99. The molecule has 0 unspecified atom stereocenters. The third kappa shape index (κ3) is 4.62. The van der Waals surface area contributed by atoms with Crippen LogP contribution >= 0.6 is 0 Å². The van der Waals surface area contributed by atoms with Crippen LogP contribution in [-0.2, 0) is 4.79 Å². The summed E-state index contributed by atoms with van der Waals surface area (Å²) < 4.78 is 5.52. The molecule has 0 fully saturated rings. The van der Waals surface area contributed by atoms with Gasteiger partial charge in [0.25, 0.3) is 5.91 Å². The second kappa shape index (κ2) is 7.64. The molecule has 1 N–H and O–H groups in total. The van der Waals surface area contributed by atoms with Gasteiger partial charge in [-0.05, 0) is 49.1 Å². The van der Waals surface area contributed by atoms with Gasteiger partial charge in [-0.15, -0.1) is 0 Å². The van der Waals surface area contributed by atoms with Crippen molar-refractivity contribution in [2.45, 2.75) is 33.1 Å². The summed E-state index contributed by atoms with van der Waals surface area (Å²) in [4.78, 5) is 11.9. The van der Waals surface area contributed by atoms with Crippen molar-refractivity contribution in [1.82, 2.24) is 0 Å². The number of carbonyl (C=O) groups excluding carboxylic acids is 1. The molecule has 0 aliphatic rings. The molecule has 0 spiro atoms. The Kier molecular flexibility index (Phi) is 5.59. The molecule has 0 heterocycles. The van der Waals surface area contributed by atoms with E-state index in [2.05, 4.69) is 31.3 Å². The minimum Gasteiger partial charge on any atom is -0.484 e. The zero-order valence-corrected chi connectivity index (χ0v) is 13.4. The van der Waals surface area contributed by atoms with Gasteiger partial charge in [0.15, 0.2) is 6.61 Å². The average molecular weight is 297 g/mol. The van der Waals surface area contributed by atoms with Gasteiger partial charge in [-0.3, -0.25) is 4.79 Å². The van der Waals surface area contributed by atoms with Gasteiger partial charge in [0, 0.05) is 5.69 Å². The molecule has 2 aromatic carbocycles. The van der Waals surface area contributed by atoms with E-state index < -0.39 is 0 Å². The maximum Gasteiger partial charge on any atom is 0.262 e. The number of amides is 1. The van der Waals surface area contributed by atoms with E-state index in [1.807, 2.05) is 43.3 Å². The fourth-order valence-corrected chi connectivity index (χ4v) is 2.11. The van der Waals surface area contributed by atoms with Gasteiger partial charge >= 0.3 is 0 Å². The molecule has 0 saturated carbocycles. The molecule has 0 aromatic heterocycles. The number of aryl methyl sites for hydroxylation is 1. The first kappa shape index (κ1) is 16.1. The number of rotatable bonds is 6. The van der Waals surface area contributed by atoms with Crippen molar-refractivity contribution < 1.29 is 9.53 Å². The maximum absolute atomic E-state index is 11.9. The van der Waals surface area contributed by atoms with Crippen LogP contribution in [0.2, 0.25) is 0 Å². The second-order valence-corrected chi connectivity index (χ2v) is 5.58. The molecule has 3 nitrogen and oxygen atoms in total. The molecule has 0 bridgehead atoms. The van der Waals surface area contributed by atoms with Gasteiger partial charge in [0.05, 0.1) is 0 Å². The maximum atomic E-state index is 11.9. The van der Waals surface area contributed by atoms with Crippen molar-refractivity contribution in [2.24, 2.45) is 0 Å². The first-order valence-electron chi connectivity index (χ1n) is 7.67. The third-order valence-corrected chi connectivity index (χ3v) is 3.77. The molecule has 3 heteroatoms. The zero-order chi connectivity index (χ0) is 15.9. The highest BCUT2D eigenvalue weighted by atomic mass is 16.5. The third-order valence-electron chi connectivity index (χ3n) is 3.77. The van der Waals surface area contributed by atoms with Crippen molar-refractivity contribution >= 4 is 11.6 Å². The molecule has 116 valence electrons. The monoisotopic (exact) mass is 297 g/mol. The largest absolute Gasteiger partial charge is 0.484 e. The number of hydrogen-bond donors (Lipinski definition) is 1. The van der Waals surface area contributed by atoms with Crippen LogP contribution in [-0.4, -0.2) is 12.5 Å². The lowest BCUT2D eigenvalue weighted by Crippen LogP contribution is -2.20. The predicted octanol–water partition coefficient (Wildman–Crippen LogP) is 4.53. The molecule has 22 heavy (non-hydrogen) atoms. The van der Waals surface area contributed by atoms with Gasteiger partial charge < -0.3 is 10.1 Å². The lowest BCUT2D eigenvalue weighted by molar-refractivity contribution is -0.118. The molecule has 0 aliphatic carbocycles. The average Bonchev–Trinajstić information content (AvgIpc) is 2.55. The summed E-state index contributed by atoms with van der Waals surface area (Å²) in [5, 5.41) is 2.81. The number of hydrogen-bond acceptors (Lipinski definition) is 2. The Morgan fingerprint density at radius 1 is 1.09 bits per heavy atom. The summed E-state index contributed by atoms with van der Waals surface area (Å²) >= 11 is 0. The number of carbonyl (C=O) groups is 1. The molecule has 1 amide bonds. The summed E-state index contributed by atoms with van der Waals surface area (Å²) in [6.45, 7) is 6.39. The van der Waals surface area contributed by atoms with Gasteiger partial charge in [-0.2, -0.15) is 0 Å². The molecular weight excluding hydrogens is 274 g/mol. The molecule has 0 saturated heterocycles. The van der Waals surface area contributed by atoms with E-state index in [0.717, 1.165) is 17.7 Å². The van der Waals surface area contributed by atoms with Crippen molar-refractivity contribution in [1.29, 1.82) is 0 Å². The molecular formula is C19H23NO2. The van der Waals surface area contributed by atoms with Crippen LogP contribution in [0.25, 0.3) is 0 Å². The normalized spacial score (nSPS) is 11.8. The summed E-state index contributed by atoms with van der Waals surface area (Å²) in [6, 6.07) is 15.6. The Bertz CT molecular complexity index is 602. The Balaban J connectivity index is 1.84. The minimum absolute atomic E-state index is 0.0105. The predicted molar refractivity (Wildman–Crippen MR) is 90.5 cm³/mol. The van der Waals surface area contributed by atoms with Crippen LogP contribution in [0.1, 0.15) is 37.3 Å². The van der Waals surface area contributed by atoms with E-state index in [9.17, 15) is 4.79 Å². The van der Waals surface area contributed by atoms with Crippen molar-refractivity contribution in [3.8, 4) is 5.75 Å². The first-order valence-corrected chi connectivity index (χ1v) is 7.67. The molecule has 2 aromatic rings. The van der Waals surface area contributed by atoms with Crippen LogP contribution in [0.4, 0.5) is 5.69 Å². The van der Waals surface area contributed by atoms with E-state index >= 15 is 0 Å². The van der Waals surface area contributed by atoms with Crippen molar-refractivity contribution in [3.63, 3.8) is 0 Å². The molecule has 1 atom stereocenters. The van der Waals surface area contributed by atoms with Crippen LogP contribution < -0.4 is 10.1 Å². The van der Waals surface area contributed by atoms with Crippen molar-refractivity contribution in [2.75, 3.05) is 11.9 Å². The van der Waals surface area contributed by atoms with E-state index in [0.29, 0.717) is 11.7 Å². The summed E-state index contributed by atoms with van der Waals surface area (Å²) in [5.74, 6) is 1.10.